The van der Waals surface area contributed by atoms with Crippen molar-refractivity contribution in [3.05, 3.63) is 34.8 Å². The van der Waals surface area contributed by atoms with E-state index in [2.05, 4.69) is 18.0 Å². The highest BCUT2D eigenvalue weighted by Crippen LogP contribution is 2.35. The predicted octanol–water partition coefficient (Wildman–Crippen LogP) is 3.53. The number of nitrogens with two attached hydrogens (primary N) is 2. The summed E-state index contributed by atoms with van der Waals surface area (Å²) in [6.07, 6.45) is 5.20. The Morgan fingerprint density at radius 3 is 2.78 bits per heavy atom. The molecule has 6 nitrogen and oxygen atoms in total. The normalized spacial score (nSPS) is 15.4. The molecule has 4 N–H and O–H groups in total. The molecule has 0 amide bonds. The van der Waals surface area contributed by atoms with Gasteiger partial charge < -0.3 is 10.5 Å². The van der Waals surface area contributed by atoms with Gasteiger partial charge in [0.1, 0.15) is 4.83 Å². The number of ether oxygens (including phenoxy) is 1. The van der Waals surface area contributed by atoms with Gasteiger partial charge in [-0.15, -0.1) is 11.3 Å². The Bertz CT molecular complexity index is 962. The third-order valence-corrected chi connectivity index (χ3v) is 6.47. The topological polar surface area (TPSA) is 90.3 Å². The summed E-state index contributed by atoms with van der Waals surface area (Å²) in [5, 5.41) is 2.66. The minimum atomic E-state index is 0.543. The van der Waals surface area contributed by atoms with E-state index in [9.17, 15) is 0 Å². The fourth-order valence-electron chi connectivity index (χ4n) is 3.62. The molecule has 0 aromatic carbocycles. The molecule has 1 aliphatic rings. The first-order valence-corrected chi connectivity index (χ1v) is 10.1. The van der Waals surface area contributed by atoms with E-state index in [1.54, 1.807) is 24.6 Å². The lowest BCUT2D eigenvalue weighted by atomic mass is 9.94. The van der Waals surface area contributed by atoms with Crippen molar-refractivity contribution in [1.29, 1.82) is 0 Å². The lowest BCUT2D eigenvalue weighted by Gasteiger charge is -2.21. The molecule has 0 spiro atoms. The average molecular weight is 384 g/mol. The zero-order valence-corrected chi connectivity index (χ0v) is 16.6. The molecule has 0 aliphatic carbocycles. The molecule has 0 bridgehead atoms. The van der Waals surface area contributed by atoms with Crippen LogP contribution in [0.4, 0.5) is 11.5 Å². The van der Waals surface area contributed by atoms with Crippen LogP contribution in [0.5, 0.6) is 0 Å². The molecule has 7 heteroatoms. The lowest BCUT2D eigenvalue weighted by Crippen LogP contribution is -2.27. The van der Waals surface area contributed by atoms with E-state index < -0.39 is 0 Å². The van der Waals surface area contributed by atoms with E-state index in [-0.39, 0.29) is 0 Å². The van der Waals surface area contributed by atoms with Crippen molar-refractivity contribution >= 4 is 33.1 Å². The molecular formula is C20H25N5OS. The van der Waals surface area contributed by atoms with Gasteiger partial charge in [0.05, 0.1) is 11.4 Å². The van der Waals surface area contributed by atoms with Gasteiger partial charge in [-0.2, -0.15) is 0 Å². The molecule has 0 radical (unpaired) electrons. The number of rotatable bonds is 4. The van der Waals surface area contributed by atoms with Gasteiger partial charge in [0, 0.05) is 42.3 Å². The highest BCUT2D eigenvalue weighted by Gasteiger charge is 2.18. The smallest absolute Gasteiger partial charge is 0.165 e. The number of aryl methyl sites for hydroxylation is 1. The van der Waals surface area contributed by atoms with Crippen molar-refractivity contribution in [2.75, 3.05) is 31.0 Å². The number of fused-ring (bicyclic) bond motifs is 1. The minimum Gasteiger partial charge on any atom is -0.396 e. The summed E-state index contributed by atoms with van der Waals surface area (Å²) in [7, 11) is 1.72. The van der Waals surface area contributed by atoms with E-state index in [1.165, 1.54) is 20.8 Å². The number of thiophene rings is 1. The molecule has 4 rings (SSSR count). The monoisotopic (exact) mass is 383 g/mol. The van der Waals surface area contributed by atoms with Gasteiger partial charge in [0.15, 0.2) is 5.82 Å². The maximum atomic E-state index is 6.09. The molecule has 0 atom stereocenters. The molecule has 1 saturated heterocycles. The van der Waals surface area contributed by atoms with Gasteiger partial charge in [0.25, 0.3) is 0 Å². The number of hydrazine groups is 1. The van der Waals surface area contributed by atoms with Crippen molar-refractivity contribution in [1.82, 2.24) is 9.97 Å². The summed E-state index contributed by atoms with van der Waals surface area (Å²) >= 11 is 1.81. The fraction of sp³-hybridized carbons (Fsp3) is 0.400. The molecule has 3 aromatic rings. The van der Waals surface area contributed by atoms with Gasteiger partial charge in [0.2, 0.25) is 0 Å². The van der Waals surface area contributed by atoms with E-state index >= 15 is 0 Å². The van der Waals surface area contributed by atoms with Crippen LogP contribution < -0.4 is 16.6 Å². The van der Waals surface area contributed by atoms with Crippen LogP contribution >= 0.6 is 11.3 Å². The predicted molar refractivity (Wildman–Crippen MR) is 112 cm³/mol. The third-order valence-electron chi connectivity index (χ3n) is 5.24. The SMILES string of the molecule is Cc1c(CC2CCOCC2)sc2nc(-c3cnc(N(C)N)c(N)c3)ccc12. The van der Waals surface area contributed by atoms with Crippen LogP contribution in [0.3, 0.4) is 0 Å². The summed E-state index contributed by atoms with van der Waals surface area (Å²) < 4.78 is 5.49. The number of nitrogen functional groups attached to an aromatic ring is 1. The number of pyridine rings is 2. The van der Waals surface area contributed by atoms with Crippen LogP contribution in [0.25, 0.3) is 21.5 Å². The number of anilines is 2. The highest BCUT2D eigenvalue weighted by atomic mass is 32.1. The van der Waals surface area contributed by atoms with Gasteiger partial charge in [-0.3, -0.25) is 5.01 Å². The summed E-state index contributed by atoms with van der Waals surface area (Å²) in [5.41, 5.74) is 9.77. The first-order valence-electron chi connectivity index (χ1n) is 9.24. The second-order valence-corrected chi connectivity index (χ2v) is 8.29. The lowest BCUT2D eigenvalue weighted by molar-refractivity contribution is 0.0667. The van der Waals surface area contributed by atoms with Crippen molar-refractivity contribution in [3.63, 3.8) is 0 Å². The van der Waals surface area contributed by atoms with E-state index in [4.69, 9.17) is 21.3 Å². The first kappa shape index (κ1) is 18.2. The molecule has 1 aliphatic heterocycles. The van der Waals surface area contributed by atoms with Crippen molar-refractivity contribution in [2.24, 2.45) is 11.8 Å². The largest absolute Gasteiger partial charge is 0.396 e. The van der Waals surface area contributed by atoms with Crippen molar-refractivity contribution in [2.45, 2.75) is 26.2 Å². The Kier molecular flexibility index (Phi) is 4.99. The van der Waals surface area contributed by atoms with E-state index in [0.717, 1.165) is 54.5 Å². The number of aromatic nitrogens is 2. The number of hydrogen-bond acceptors (Lipinski definition) is 7. The molecule has 1 fully saturated rings. The number of hydrogen-bond donors (Lipinski definition) is 2. The Labute approximate surface area is 163 Å². The van der Waals surface area contributed by atoms with Crippen LogP contribution in [0.2, 0.25) is 0 Å². The van der Waals surface area contributed by atoms with Crippen molar-refractivity contribution in [3.8, 4) is 11.3 Å². The molecule has 27 heavy (non-hydrogen) atoms. The molecule has 0 saturated carbocycles. The summed E-state index contributed by atoms with van der Waals surface area (Å²) in [6, 6.07) is 6.09. The third kappa shape index (κ3) is 3.63. The van der Waals surface area contributed by atoms with Crippen LogP contribution in [0.1, 0.15) is 23.3 Å². The van der Waals surface area contributed by atoms with Crippen LogP contribution in [-0.2, 0) is 11.2 Å². The Morgan fingerprint density at radius 1 is 1.30 bits per heavy atom. The zero-order valence-electron chi connectivity index (χ0n) is 15.7. The van der Waals surface area contributed by atoms with Crippen LogP contribution in [0.15, 0.2) is 24.4 Å². The maximum Gasteiger partial charge on any atom is 0.165 e. The summed E-state index contributed by atoms with van der Waals surface area (Å²) in [6.45, 7) is 3.99. The summed E-state index contributed by atoms with van der Waals surface area (Å²) in [5.74, 6) is 7.02. The first-order chi connectivity index (χ1) is 13.0. The molecule has 0 unspecified atom stereocenters. The molecule has 4 heterocycles. The average Bonchev–Trinajstić information content (AvgIpc) is 2.97. The standard InChI is InChI=1S/C20H25N5OS/c1-12-15-3-4-17(14-10-16(21)19(23-11-14)25(2)22)24-20(15)27-18(12)9-13-5-7-26-8-6-13/h3-4,10-11,13H,5-9,21-22H2,1-2H3. The van der Waals surface area contributed by atoms with Crippen LogP contribution in [-0.4, -0.2) is 30.2 Å². The quantitative estimate of drug-likeness (QED) is 0.529. The van der Waals surface area contributed by atoms with Gasteiger partial charge in [-0.05, 0) is 55.9 Å². The molecular weight excluding hydrogens is 358 g/mol. The second-order valence-electron chi connectivity index (χ2n) is 7.21. The highest BCUT2D eigenvalue weighted by molar-refractivity contribution is 7.18. The van der Waals surface area contributed by atoms with Gasteiger partial charge in [-0.25, -0.2) is 15.8 Å². The molecule has 142 valence electrons. The Hall–Kier alpha value is -2.22. The minimum absolute atomic E-state index is 0.543. The van der Waals surface area contributed by atoms with Gasteiger partial charge in [-0.1, -0.05) is 0 Å². The van der Waals surface area contributed by atoms with E-state index in [1.807, 2.05) is 12.1 Å². The number of nitrogens with zero attached hydrogens (tertiary/aromatic N) is 3. The zero-order chi connectivity index (χ0) is 19.0. The summed E-state index contributed by atoms with van der Waals surface area (Å²) in [4.78, 5) is 11.8. The Morgan fingerprint density at radius 2 is 2.07 bits per heavy atom. The Balaban J connectivity index is 1.65. The maximum absolute atomic E-state index is 6.09. The van der Waals surface area contributed by atoms with Gasteiger partial charge >= 0.3 is 0 Å². The van der Waals surface area contributed by atoms with Crippen molar-refractivity contribution < 1.29 is 4.74 Å². The second kappa shape index (κ2) is 7.42. The fourth-order valence-corrected chi connectivity index (χ4v) is 4.92. The molecule has 3 aromatic heterocycles. The van der Waals surface area contributed by atoms with E-state index in [0.29, 0.717) is 11.5 Å². The van der Waals surface area contributed by atoms with Crippen LogP contribution in [0, 0.1) is 12.8 Å².